The molecule has 1 saturated carbocycles. The summed E-state index contributed by atoms with van der Waals surface area (Å²) in [5, 5.41) is 5.92. The molecule has 1 heterocycles. The molecule has 3 rings (SSSR count). The van der Waals surface area contributed by atoms with Gasteiger partial charge in [0.05, 0.1) is 7.11 Å². The largest absolute Gasteiger partial charge is 0.467 e. The highest BCUT2D eigenvalue weighted by molar-refractivity contribution is 5.91. The first-order valence-electron chi connectivity index (χ1n) is 12.3. The average Bonchev–Trinajstić information content (AvgIpc) is 2.81. The van der Waals surface area contributed by atoms with Crippen molar-refractivity contribution in [3.8, 4) is 0 Å². The van der Waals surface area contributed by atoms with E-state index in [9.17, 15) is 14.4 Å². The molecule has 6 nitrogen and oxygen atoms in total. The van der Waals surface area contributed by atoms with E-state index in [1.165, 1.54) is 19.1 Å². The Morgan fingerprint density at radius 2 is 1.53 bits per heavy atom. The minimum atomic E-state index is -0.776. The van der Waals surface area contributed by atoms with Gasteiger partial charge in [0.25, 0.3) is 0 Å². The second kappa shape index (κ2) is 12.6. The predicted octanol–water partition coefficient (Wildman–Crippen LogP) is 3.85. The summed E-state index contributed by atoms with van der Waals surface area (Å²) in [6.07, 6.45) is 12.2. The van der Waals surface area contributed by atoms with Crippen molar-refractivity contribution in [1.82, 2.24) is 10.6 Å². The maximum Gasteiger partial charge on any atom is 0.328 e. The van der Waals surface area contributed by atoms with E-state index in [0.29, 0.717) is 12.8 Å². The van der Waals surface area contributed by atoms with Crippen molar-refractivity contribution in [2.75, 3.05) is 7.11 Å². The van der Waals surface area contributed by atoms with E-state index in [1.807, 2.05) is 12.1 Å². The predicted molar refractivity (Wildman–Crippen MR) is 124 cm³/mol. The molecule has 2 aliphatic rings. The van der Waals surface area contributed by atoms with Crippen molar-refractivity contribution >= 4 is 17.8 Å². The molecule has 6 heteroatoms. The number of esters is 1. The molecule has 0 spiro atoms. The Kier molecular flexibility index (Phi) is 9.57. The number of methoxy groups -OCH3 is 1. The zero-order valence-electron chi connectivity index (χ0n) is 19.4. The van der Waals surface area contributed by atoms with Crippen LogP contribution >= 0.6 is 0 Å². The molecule has 1 aromatic carbocycles. The summed E-state index contributed by atoms with van der Waals surface area (Å²) in [5.74, 6) is -0.700. The maximum absolute atomic E-state index is 13.3. The van der Waals surface area contributed by atoms with Gasteiger partial charge in [-0.25, -0.2) is 4.79 Å². The van der Waals surface area contributed by atoms with E-state index in [-0.39, 0.29) is 17.7 Å². The van der Waals surface area contributed by atoms with Crippen molar-refractivity contribution in [1.29, 1.82) is 0 Å². The molecule has 2 atom stereocenters. The van der Waals surface area contributed by atoms with Gasteiger partial charge in [-0.1, -0.05) is 62.8 Å². The fourth-order valence-electron chi connectivity index (χ4n) is 5.00. The number of fused-ring (bicyclic) bond motifs is 2. The summed E-state index contributed by atoms with van der Waals surface area (Å²) in [6, 6.07) is 6.87. The molecule has 176 valence electrons. The van der Waals surface area contributed by atoms with Gasteiger partial charge in [-0.15, -0.1) is 0 Å². The van der Waals surface area contributed by atoms with Gasteiger partial charge in [-0.05, 0) is 49.1 Å². The fraction of sp³-hybridized carbons (Fsp3) is 0.654. The van der Waals surface area contributed by atoms with E-state index < -0.39 is 18.1 Å². The van der Waals surface area contributed by atoms with Gasteiger partial charge >= 0.3 is 5.97 Å². The molecule has 0 saturated heterocycles. The van der Waals surface area contributed by atoms with Gasteiger partial charge in [0, 0.05) is 12.8 Å². The van der Waals surface area contributed by atoms with Crippen LogP contribution in [0, 0.1) is 5.92 Å². The second-order valence-electron chi connectivity index (χ2n) is 9.32. The first kappa shape index (κ1) is 24.3. The smallest absolute Gasteiger partial charge is 0.328 e. The lowest BCUT2D eigenvalue weighted by molar-refractivity contribution is -0.145. The van der Waals surface area contributed by atoms with Gasteiger partial charge in [0.1, 0.15) is 12.1 Å². The van der Waals surface area contributed by atoms with Crippen molar-refractivity contribution in [2.45, 2.75) is 95.6 Å². The highest BCUT2D eigenvalue weighted by Gasteiger charge is 2.33. The van der Waals surface area contributed by atoms with Crippen molar-refractivity contribution < 1.29 is 19.1 Å². The molecule has 2 amide bonds. The Balaban J connectivity index is 1.82. The highest BCUT2D eigenvalue weighted by atomic mass is 16.5. The number of ether oxygens (including phenoxy) is 1. The lowest BCUT2D eigenvalue weighted by Crippen LogP contribution is -2.55. The lowest BCUT2D eigenvalue weighted by Gasteiger charge is -2.31. The summed E-state index contributed by atoms with van der Waals surface area (Å²) in [6.45, 7) is 0. The summed E-state index contributed by atoms with van der Waals surface area (Å²) in [5.41, 5.74) is 2.25. The molecule has 1 fully saturated rings. The molecule has 0 aromatic heterocycles. The monoisotopic (exact) mass is 442 g/mol. The number of amides is 2. The molecule has 0 radical (unpaired) electrons. The minimum Gasteiger partial charge on any atom is -0.467 e. The average molecular weight is 443 g/mol. The van der Waals surface area contributed by atoms with Crippen LogP contribution in [0.2, 0.25) is 0 Å². The third-order valence-corrected chi connectivity index (χ3v) is 6.82. The van der Waals surface area contributed by atoms with Crippen LogP contribution in [-0.2, 0) is 32.0 Å². The summed E-state index contributed by atoms with van der Waals surface area (Å²) in [4.78, 5) is 38.5. The van der Waals surface area contributed by atoms with Crippen molar-refractivity contribution in [3.05, 3.63) is 35.4 Å². The Bertz CT molecular complexity index is 773. The number of hydrogen-bond acceptors (Lipinski definition) is 4. The molecular weight excluding hydrogens is 404 g/mol. The van der Waals surface area contributed by atoms with Crippen molar-refractivity contribution in [2.24, 2.45) is 5.92 Å². The minimum absolute atomic E-state index is 0.0682. The maximum atomic E-state index is 13.3. The molecule has 2 N–H and O–H groups in total. The first-order valence-corrected chi connectivity index (χ1v) is 12.3. The van der Waals surface area contributed by atoms with Crippen LogP contribution in [0.4, 0.5) is 0 Å². The normalized spacial score (nSPS) is 24.7. The second-order valence-corrected chi connectivity index (χ2v) is 9.32. The molecule has 1 aliphatic heterocycles. The molecule has 1 aromatic rings. The van der Waals surface area contributed by atoms with Gasteiger partial charge in [0.2, 0.25) is 11.8 Å². The van der Waals surface area contributed by atoms with Crippen LogP contribution in [0.1, 0.15) is 81.8 Å². The zero-order valence-corrected chi connectivity index (χ0v) is 19.4. The number of carbonyl (C=O) groups is 3. The molecule has 0 unspecified atom stereocenters. The lowest BCUT2D eigenvalue weighted by atomic mass is 9.83. The SMILES string of the molecule is COC(=O)[C@@H]1Cc2cccc(c2)CCCCCCCC(=O)N[C@@H](C2CCCCC2)C(=O)N1. The van der Waals surface area contributed by atoms with E-state index in [4.69, 9.17) is 4.74 Å². The third-order valence-electron chi connectivity index (χ3n) is 6.82. The first-order chi connectivity index (χ1) is 15.6. The molecule has 32 heavy (non-hydrogen) atoms. The van der Waals surface area contributed by atoms with E-state index in [0.717, 1.165) is 69.8 Å². The van der Waals surface area contributed by atoms with E-state index in [2.05, 4.69) is 22.8 Å². The topological polar surface area (TPSA) is 84.5 Å². The number of hydrogen-bond donors (Lipinski definition) is 2. The van der Waals surface area contributed by atoms with Crippen LogP contribution in [-0.4, -0.2) is 37.0 Å². The van der Waals surface area contributed by atoms with E-state index in [1.54, 1.807) is 0 Å². The van der Waals surface area contributed by atoms with Gasteiger partial charge in [-0.3, -0.25) is 9.59 Å². The highest BCUT2D eigenvalue weighted by Crippen LogP contribution is 2.27. The van der Waals surface area contributed by atoms with Crippen molar-refractivity contribution in [3.63, 3.8) is 0 Å². The van der Waals surface area contributed by atoms with Crippen LogP contribution in [0.25, 0.3) is 0 Å². The number of nitrogens with one attached hydrogen (secondary N) is 2. The van der Waals surface area contributed by atoms with E-state index >= 15 is 0 Å². The number of rotatable bonds is 2. The number of aryl methyl sites for hydroxylation is 1. The third kappa shape index (κ3) is 7.35. The number of benzene rings is 1. The van der Waals surface area contributed by atoms with Crippen LogP contribution in [0.3, 0.4) is 0 Å². The standard InChI is InChI=1S/C26H38N2O4/c1-32-26(31)22-18-20-13-10-12-19(17-20)11-6-3-2-4-9-16-23(29)28-24(25(30)27-22)21-14-7-5-8-15-21/h10,12-13,17,21-22,24H,2-9,11,14-16,18H2,1H3,(H,27,30)(H,28,29)/t22-,24-/m0/s1. The van der Waals surface area contributed by atoms with Crippen LogP contribution in [0.15, 0.2) is 24.3 Å². The Morgan fingerprint density at radius 1 is 0.875 bits per heavy atom. The Morgan fingerprint density at radius 3 is 2.28 bits per heavy atom. The molecule has 1 aliphatic carbocycles. The Hall–Kier alpha value is -2.37. The van der Waals surface area contributed by atoms with Gasteiger partial charge in [-0.2, -0.15) is 0 Å². The molecular formula is C26H38N2O4. The summed E-state index contributed by atoms with van der Waals surface area (Å²) >= 11 is 0. The summed E-state index contributed by atoms with van der Waals surface area (Å²) < 4.78 is 4.99. The zero-order chi connectivity index (χ0) is 22.8. The fourth-order valence-corrected chi connectivity index (χ4v) is 5.00. The van der Waals surface area contributed by atoms with Gasteiger partial charge < -0.3 is 15.4 Å². The number of carbonyl (C=O) groups excluding carboxylic acids is 3. The van der Waals surface area contributed by atoms with Gasteiger partial charge in [0.15, 0.2) is 0 Å². The molecule has 2 bridgehead atoms. The van der Waals surface area contributed by atoms with Crippen LogP contribution < -0.4 is 10.6 Å². The Labute approximate surface area is 191 Å². The van der Waals surface area contributed by atoms with Crippen LogP contribution in [0.5, 0.6) is 0 Å². The summed E-state index contributed by atoms with van der Waals surface area (Å²) in [7, 11) is 1.34. The quantitative estimate of drug-likeness (QED) is 0.682.